The van der Waals surface area contributed by atoms with Gasteiger partial charge >= 0.3 is 5.97 Å². The zero-order chi connectivity index (χ0) is 12.7. The molecule has 1 aliphatic heterocycles. The molecule has 0 aromatic rings. The van der Waals surface area contributed by atoms with Gasteiger partial charge in [0.15, 0.2) is 0 Å². The molecule has 0 unspecified atom stereocenters. The van der Waals surface area contributed by atoms with Crippen LogP contribution >= 0.6 is 0 Å². The van der Waals surface area contributed by atoms with Crippen LogP contribution in [0.15, 0.2) is 0 Å². The minimum absolute atomic E-state index is 0.125. The molecule has 0 atom stereocenters. The number of piperidine rings is 1. The van der Waals surface area contributed by atoms with Gasteiger partial charge in [0.2, 0.25) is 0 Å². The lowest BCUT2D eigenvalue weighted by Gasteiger charge is -2.40. The first-order chi connectivity index (χ1) is 8.15. The number of carbonyl (C=O) groups excluding carboxylic acids is 1. The molecule has 1 aliphatic rings. The Hall–Kier alpha value is -0.610. The summed E-state index contributed by atoms with van der Waals surface area (Å²) in [6.07, 6.45) is 4.56. The van der Waals surface area contributed by atoms with Crippen molar-refractivity contribution in [2.75, 3.05) is 33.4 Å². The highest BCUT2D eigenvalue weighted by atomic mass is 16.5. The van der Waals surface area contributed by atoms with Crippen LogP contribution in [0.2, 0.25) is 0 Å². The molecule has 4 heteroatoms. The van der Waals surface area contributed by atoms with E-state index in [9.17, 15) is 9.90 Å². The Balaban J connectivity index is 2.21. The number of rotatable bonds is 6. The molecule has 1 N–H and O–H groups in total. The monoisotopic (exact) mass is 243 g/mol. The highest BCUT2D eigenvalue weighted by molar-refractivity contribution is 5.69. The van der Waals surface area contributed by atoms with Gasteiger partial charge in [0, 0.05) is 13.0 Å². The van der Waals surface area contributed by atoms with Crippen molar-refractivity contribution >= 4 is 5.97 Å². The van der Waals surface area contributed by atoms with Crippen molar-refractivity contribution in [2.24, 2.45) is 5.41 Å². The average Bonchev–Trinajstić information content (AvgIpc) is 2.39. The number of aliphatic hydroxyl groups is 1. The average molecular weight is 243 g/mol. The number of hydrogen-bond donors (Lipinski definition) is 1. The molecule has 0 spiro atoms. The van der Waals surface area contributed by atoms with Crippen LogP contribution in [0.1, 0.15) is 39.0 Å². The molecule has 0 aliphatic carbocycles. The second-order valence-electron chi connectivity index (χ2n) is 5.03. The van der Waals surface area contributed by atoms with Crippen LogP contribution in [-0.4, -0.2) is 49.3 Å². The SMILES string of the molecule is CCC1(CO)CCN(CCCC(=O)OC)CC1. The third-order valence-corrected chi connectivity index (χ3v) is 4.09. The first kappa shape index (κ1) is 14.5. The van der Waals surface area contributed by atoms with Crippen molar-refractivity contribution in [3.8, 4) is 0 Å². The van der Waals surface area contributed by atoms with Gasteiger partial charge in [-0.1, -0.05) is 6.92 Å². The van der Waals surface area contributed by atoms with Crippen LogP contribution in [0, 0.1) is 5.41 Å². The molecule has 17 heavy (non-hydrogen) atoms. The lowest BCUT2D eigenvalue weighted by Crippen LogP contribution is -2.42. The highest BCUT2D eigenvalue weighted by Gasteiger charge is 2.31. The van der Waals surface area contributed by atoms with Gasteiger partial charge in [-0.2, -0.15) is 0 Å². The minimum atomic E-state index is -0.125. The van der Waals surface area contributed by atoms with Crippen molar-refractivity contribution in [3.05, 3.63) is 0 Å². The van der Waals surface area contributed by atoms with E-state index < -0.39 is 0 Å². The molecular formula is C13H25NO3. The molecule has 0 amide bonds. The molecule has 1 saturated heterocycles. The fourth-order valence-corrected chi connectivity index (χ4v) is 2.42. The van der Waals surface area contributed by atoms with Crippen molar-refractivity contribution in [1.29, 1.82) is 0 Å². The van der Waals surface area contributed by atoms with Gasteiger partial charge in [-0.25, -0.2) is 0 Å². The van der Waals surface area contributed by atoms with E-state index in [0.717, 1.165) is 45.3 Å². The fraction of sp³-hybridized carbons (Fsp3) is 0.923. The number of nitrogens with zero attached hydrogens (tertiary/aromatic N) is 1. The summed E-state index contributed by atoms with van der Waals surface area (Å²) < 4.78 is 4.62. The van der Waals surface area contributed by atoms with Crippen molar-refractivity contribution in [3.63, 3.8) is 0 Å². The second-order valence-corrected chi connectivity index (χ2v) is 5.03. The normalized spacial score (nSPS) is 20.2. The quantitative estimate of drug-likeness (QED) is 0.717. The molecule has 0 aromatic carbocycles. The minimum Gasteiger partial charge on any atom is -0.469 e. The number of ether oxygens (including phenoxy) is 1. The Morgan fingerprint density at radius 2 is 2.06 bits per heavy atom. The van der Waals surface area contributed by atoms with Gasteiger partial charge in [0.05, 0.1) is 7.11 Å². The van der Waals surface area contributed by atoms with E-state index in [2.05, 4.69) is 16.6 Å². The number of aliphatic hydroxyl groups excluding tert-OH is 1. The number of esters is 1. The van der Waals surface area contributed by atoms with E-state index in [1.165, 1.54) is 7.11 Å². The van der Waals surface area contributed by atoms with E-state index in [0.29, 0.717) is 13.0 Å². The molecule has 100 valence electrons. The Labute approximate surface area is 104 Å². The maximum atomic E-state index is 11.0. The Bertz CT molecular complexity index is 229. The standard InChI is InChI=1S/C13H25NO3/c1-3-13(11-15)6-9-14(10-7-13)8-4-5-12(16)17-2/h15H,3-11H2,1-2H3. The largest absolute Gasteiger partial charge is 0.469 e. The lowest BCUT2D eigenvalue weighted by molar-refractivity contribution is -0.140. The zero-order valence-electron chi connectivity index (χ0n) is 11.1. The maximum Gasteiger partial charge on any atom is 0.305 e. The molecule has 1 fully saturated rings. The van der Waals surface area contributed by atoms with E-state index in [-0.39, 0.29) is 11.4 Å². The summed E-state index contributed by atoms with van der Waals surface area (Å²) in [6, 6.07) is 0. The summed E-state index contributed by atoms with van der Waals surface area (Å²) in [7, 11) is 1.43. The lowest BCUT2D eigenvalue weighted by atomic mass is 9.77. The zero-order valence-corrected chi connectivity index (χ0v) is 11.1. The third-order valence-electron chi connectivity index (χ3n) is 4.09. The third kappa shape index (κ3) is 4.28. The van der Waals surface area contributed by atoms with Crippen LogP contribution in [0.5, 0.6) is 0 Å². The number of methoxy groups -OCH3 is 1. The first-order valence-corrected chi connectivity index (χ1v) is 6.56. The molecule has 0 aromatic heterocycles. The first-order valence-electron chi connectivity index (χ1n) is 6.56. The molecule has 1 rings (SSSR count). The van der Waals surface area contributed by atoms with E-state index >= 15 is 0 Å². The predicted molar refractivity (Wildman–Crippen MR) is 66.7 cm³/mol. The Morgan fingerprint density at radius 1 is 1.41 bits per heavy atom. The van der Waals surface area contributed by atoms with Crippen molar-refractivity contribution in [2.45, 2.75) is 39.0 Å². The molecule has 1 heterocycles. The van der Waals surface area contributed by atoms with Crippen LogP contribution in [0.3, 0.4) is 0 Å². The number of carbonyl (C=O) groups is 1. The van der Waals surface area contributed by atoms with Gasteiger partial charge < -0.3 is 14.7 Å². The van der Waals surface area contributed by atoms with Gasteiger partial charge in [0.25, 0.3) is 0 Å². The van der Waals surface area contributed by atoms with E-state index in [1.54, 1.807) is 0 Å². The molecule has 0 saturated carbocycles. The van der Waals surface area contributed by atoms with Gasteiger partial charge in [-0.05, 0) is 50.7 Å². The van der Waals surface area contributed by atoms with Crippen LogP contribution in [0.25, 0.3) is 0 Å². The summed E-state index contributed by atoms with van der Waals surface area (Å²) in [4.78, 5) is 13.4. The van der Waals surface area contributed by atoms with Gasteiger partial charge in [-0.15, -0.1) is 0 Å². The second kappa shape index (κ2) is 6.97. The van der Waals surface area contributed by atoms with Gasteiger partial charge in [-0.3, -0.25) is 4.79 Å². The molecular weight excluding hydrogens is 218 g/mol. The van der Waals surface area contributed by atoms with Crippen molar-refractivity contribution < 1.29 is 14.6 Å². The Kier molecular flexibility index (Phi) is 5.92. The topological polar surface area (TPSA) is 49.8 Å². The predicted octanol–water partition coefficient (Wildman–Crippen LogP) is 1.42. The molecule has 0 bridgehead atoms. The maximum absolute atomic E-state index is 11.0. The van der Waals surface area contributed by atoms with E-state index in [4.69, 9.17) is 0 Å². The van der Waals surface area contributed by atoms with E-state index in [1.807, 2.05) is 0 Å². The summed E-state index contributed by atoms with van der Waals surface area (Å²) in [5.41, 5.74) is 0.152. The summed E-state index contributed by atoms with van der Waals surface area (Å²) >= 11 is 0. The summed E-state index contributed by atoms with van der Waals surface area (Å²) in [6.45, 7) is 5.49. The smallest absolute Gasteiger partial charge is 0.305 e. The number of likely N-dealkylation sites (tertiary alicyclic amines) is 1. The van der Waals surface area contributed by atoms with Gasteiger partial charge in [0.1, 0.15) is 0 Å². The van der Waals surface area contributed by atoms with Crippen LogP contribution in [-0.2, 0) is 9.53 Å². The fourth-order valence-electron chi connectivity index (χ4n) is 2.42. The summed E-state index contributed by atoms with van der Waals surface area (Å²) in [5.74, 6) is -0.125. The van der Waals surface area contributed by atoms with Crippen molar-refractivity contribution in [1.82, 2.24) is 4.90 Å². The van der Waals surface area contributed by atoms with Crippen LogP contribution < -0.4 is 0 Å². The molecule has 4 nitrogen and oxygen atoms in total. The Morgan fingerprint density at radius 3 is 2.53 bits per heavy atom. The van der Waals surface area contributed by atoms with Crippen LogP contribution in [0.4, 0.5) is 0 Å². The molecule has 0 radical (unpaired) electrons. The summed E-state index contributed by atoms with van der Waals surface area (Å²) in [5, 5.41) is 9.43. The highest BCUT2D eigenvalue weighted by Crippen LogP contribution is 2.34. The number of hydrogen-bond acceptors (Lipinski definition) is 4.